The van der Waals surface area contributed by atoms with E-state index in [0.717, 1.165) is 49.5 Å². The summed E-state index contributed by atoms with van der Waals surface area (Å²) >= 11 is 6.17. The minimum absolute atomic E-state index is 0.0694. The molecule has 0 radical (unpaired) electrons. The van der Waals surface area contributed by atoms with Gasteiger partial charge in [-0.05, 0) is 12.1 Å². The molecule has 6 nitrogen and oxygen atoms in total. The van der Waals surface area contributed by atoms with Gasteiger partial charge in [0.2, 0.25) is 0 Å². The van der Waals surface area contributed by atoms with Crippen molar-refractivity contribution in [3.8, 4) is 5.69 Å². The van der Waals surface area contributed by atoms with E-state index in [1.807, 2.05) is 0 Å². The van der Waals surface area contributed by atoms with Crippen LogP contribution >= 0.6 is 11.6 Å². The van der Waals surface area contributed by atoms with Gasteiger partial charge in [0.25, 0.3) is 5.56 Å². The standard InChI is InChI=1S/C17H18ClF2N5O/c18-16-14(21-8-12-10-23-3-5-24(12)6-4-23)9-22-25(17(16)26)15-2-1-11(19)7-13(15)20/h1-2,7,9,12,21H,3-6,8,10H2. The van der Waals surface area contributed by atoms with Crippen molar-refractivity contribution < 1.29 is 8.78 Å². The Morgan fingerprint density at radius 3 is 2.65 bits per heavy atom. The van der Waals surface area contributed by atoms with Gasteiger partial charge in [-0.1, -0.05) is 11.6 Å². The van der Waals surface area contributed by atoms with Crippen LogP contribution in [0.25, 0.3) is 5.69 Å². The molecule has 1 atom stereocenters. The Kier molecular flexibility index (Phi) is 4.64. The van der Waals surface area contributed by atoms with Crippen LogP contribution in [0.5, 0.6) is 0 Å². The third kappa shape index (κ3) is 3.20. The molecular weight excluding hydrogens is 364 g/mol. The normalized spacial score (nSPS) is 24.7. The molecule has 138 valence electrons. The smallest absolute Gasteiger partial charge is 0.292 e. The van der Waals surface area contributed by atoms with E-state index < -0.39 is 17.2 Å². The van der Waals surface area contributed by atoms with Gasteiger partial charge in [-0.25, -0.2) is 8.78 Å². The van der Waals surface area contributed by atoms with Crippen molar-refractivity contribution in [3.63, 3.8) is 0 Å². The molecule has 2 aromatic rings. The summed E-state index contributed by atoms with van der Waals surface area (Å²) in [6.07, 6.45) is 1.39. The Hall–Kier alpha value is -2.03. The van der Waals surface area contributed by atoms with Crippen LogP contribution in [0.1, 0.15) is 0 Å². The molecule has 3 aliphatic heterocycles. The second-order valence-corrected chi connectivity index (χ2v) is 6.93. The van der Waals surface area contributed by atoms with Crippen LogP contribution < -0.4 is 10.9 Å². The van der Waals surface area contributed by atoms with Crippen molar-refractivity contribution in [1.82, 2.24) is 19.6 Å². The first-order chi connectivity index (χ1) is 12.5. The number of rotatable bonds is 4. The van der Waals surface area contributed by atoms with E-state index in [9.17, 15) is 13.6 Å². The number of fused-ring (bicyclic) bond motifs is 3. The average Bonchev–Trinajstić information content (AvgIpc) is 2.65. The quantitative estimate of drug-likeness (QED) is 0.871. The number of halogens is 3. The van der Waals surface area contributed by atoms with E-state index in [1.165, 1.54) is 6.20 Å². The maximum atomic E-state index is 13.9. The Morgan fingerprint density at radius 2 is 2.00 bits per heavy atom. The molecule has 0 spiro atoms. The van der Waals surface area contributed by atoms with Crippen LogP contribution in [0.2, 0.25) is 5.02 Å². The fourth-order valence-corrected chi connectivity index (χ4v) is 3.72. The highest BCUT2D eigenvalue weighted by Crippen LogP contribution is 2.20. The van der Waals surface area contributed by atoms with Crippen LogP contribution in [0.4, 0.5) is 14.5 Å². The number of nitrogens with one attached hydrogen (secondary N) is 1. The lowest BCUT2D eigenvalue weighted by Gasteiger charge is -2.47. The monoisotopic (exact) mass is 381 g/mol. The van der Waals surface area contributed by atoms with E-state index in [2.05, 4.69) is 20.2 Å². The van der Waals surface area contributed by atoms with E-state index in [-0.39, 0.29) is 10.7 Å². The van der Waals surface area contributed by atoms with Crippen molar-refractivity contribution in [3.05, 3.63) is 51.4 Å². The lowest BCUT2D eigenvalue weighted by molar-refractivity contribution is 0.0189. The van der Waals surface area contributed by atoms with Crippen molar-refractivity contribution in [1.29, 1.82) is 0 Å². The summed E-state index contributed by atoms with van der Waals surface area (Å²) in [7, 11) is 0. The number of aromatic nitrogens is 2. The van der Waals surface area contributed by atoms with Crippen LogP contribution in [0.3, 0.4) is 0 Å². The molecule has 1 unspecified atom stereocenters. The van der Waals surface area contributed by atoms with Gasteiger partial charge in [-0.2, -0.15) is 9.78 Å². The predicted molar refractivity (Wildman–Crippen MR) is 95.1 cm³/mol. The third-order valence-electron chi connectivity index (χ3n) is 4.98. The molecule has 3 fully saturated rings. The number of piperazine rings is 3. The molecular formula is C17H18ClF2N5O. The molecule has 0 amide bonds. The zero-order valence-corrected chi connectivity index (χ0v) is 14.7. The van der Waals surface area contributed by atoms with Crippen molar-refractivity contribution in [2.24, 2.45) is 0 Å². The van der Waals surface area contributed by atoms with E-state index in [4.69, 9.17) is 11.6 Å². The second kappa shape index (κ2) is 6.94. The van der Waals surface area contributed by atoms with E-state index >= 15 is 0 Å². The Bertz CT molecular complexity index is 882. The number of benzene rings is 1. The summed E-state index contributed by atoms with van der Waals surface area (Å²) in [4.78, 5) is 17.3. The topological polar surface area (TPSA) is 53.4 Å². The van der Waals surface area contributed by atoms with Crippen LogP contribution in [0.15, 0.2) is 29.2 Å². The van der Waals surface area contributed by atoms with Gasteiger partial charge >= 0.3 is 0 Å². The summed E-state index contributed by atoms with van der Waals surface area (Å²) < 4.78 is 27.8. The lowest BCUT2D eigenvalue weighted by atomic mass is 10.1. The maximum Gasteiger partial charge on any atom is 0.292 e. The molecule has 9 heteroatoms. The second-order valence-electron chi connectivity index (χ2n) is 6.56. The van der Waals surface area contributed by atoms with Crippen LogP contribution in [0, 0.1) is 11.6 Å². The van der Waals surface area contributed by atoms with E-state index in [1.54, 1.807) is 0 Å². The molecule has 1 N–H and O–H groups in total. The number of hydrogen-bond donors (Lipinski definition) is 1. The minimum Gasteiger partial charge on any atom is -0.381 e. The summed E-state index contributed by atoms with van der Waals surface area (Å²) in [6, 6.07) is 3.27. The highest BCUT2D eigenvalue weighted by atomic mass is 35.5. The SMILES string of the molecule is O=c1c(Cl)c(NCC2CN3CCN2CC3)cnn1-c1ccc(F)cc1F. The Balaban J connectivity index is 1.53. The fourth-order valence-electron chi connectivity index (χ4n) is 3.53. The third-order valence-corrected chi connectivity index (χ3v) is 5.34. The summed E-state index contributed by atoms with van der Waals surface area (Å²) in [5, 5.41) is 7.09. The average molecular weight is 382 g/mol. The van der Waals surface area contributed by atoms with E-state index in [0.29, 0.717) is 24.3 Å². The molecule has 4 heterocycles. The fraction of sp³-hybridized carbons (Fsp3) is 0.412. The highest BCUT2D eigenvalue weighted by Gasteiger charge is 2.31. The lowest BCUT2D eigenvalue weighted by Crippen LogP contribution is -2.62. The van der Waals surface area contributed by atoms with Gasteiger partial charge in [0.05, 0.1) is 11.9 Å². The zero-order valence-electron chi connectivity index (χ0n) is 14.0. The summed E-state index contributed by atoms with van der Waals surface area (Å²) in [5.41, 5.74) is -0.391. The van der Waals surface area contributed by atoms with Crippen molar-refractivity contribution in [2.45, 2.75) is 6.04 Å². The Labute approximate surface area is 154 Å². The van der Waals surface area contributed by atoms with Gasteiger partial charge in [0, 0.05) is 51.4 Å². The summed E-state index contributed by atoms with van der Waals surface area (Å²) in [5.74, 6) is -1.60. The van der Waals surface area contributed by atoms with Crippen LogP contribution in [-0.4, -0.2) is 64.9 Å². The Morgan fingerprint density at radius 1 is 1.23 bits per heavy atom. The van der Waals surface area contributed by atoms with Gasteiger partial charge < -0.3 is 5.32 Å². The molecule has 3 aliphatic rings. The van der Waals surface area contributed by atoms with Crippen molar-refractivity contribution >= 4 is 17.3 Å². The number of anilines is 1. The summed E-state index contributed by atoms with van der Waals surface area (Å²) in [6.45, 7) is 5.91. The molecule has 0 saturated carbocycles. The number of hydrogen-bond acceptors (Lipinski definition) is 5. The molecule has 2 bridgehead atoms. The molecule has 5 rings (SSSR count). The van der Waals surface area contributed by atoms with Gasteiger partial charge in [0.15, 0.2) is 5.82 Å². The first-order valence-corrected chi connectivity index (χ1v) is 8.84. The minimum atomic E-state index is -0.878. The number of nitrogens with zero attached hydrogens (tertiary/aromatic N) is 4. The largest absolute Gasteiger partial charge is 0.381 e. The van der Waals surface area contributed by atoms with Crippen LogP contribution in [-0.2, 0) is 0 Å². The van der Waals surface area contributed by atoms with Crippen molar-refractivity contribution in [2.75, 3.05) is 44.6 Å². The molecule has 0 aliphatic carbocycles. The molecule has 1 aromatic carbocycles. The van der Waals surface area contributed by atoms with Gasteiger partial charge in [-0.3, -0.25) is 14.6 Å². The van der Waals surface area contributed by atoms with Gasteiger partial charge in [0.1, 0.15) is 16.5 Å². The highest BCUT2D eigenvalue weighted by molar-refractivity contribution is 6.32. The molecule has 26 heavy (non-hydrogen) atoms. The predicted octanol–water partition coefficient (Wildman–Crippen LogP) is 1.58. The molecule has 1 aromatic heterocycles. The maximum absolute atomic E-state index is 13.9. The zero-order chi connectivity index (χ0) is 18.3. The van der Waals surface area contributed by atoms with Gasteiger partial charge in [-0.15, -0.1) is 0 Å². The first kappa shape index (κ1) is 17.4. The first-order valence-electron chi connectivity index (χ1n) is 8.46. The molecule has 3 saturated heterocycles.